The smallest absolute Gasteiger partial charge is 0.367 e. The summed E-state index contributed by atoms with van der Waals surface area (Å²) in [5, 5.41) is 1.76. The Morgan fingerprint density at radius 1 is 1.32 bits per heavy atom. The lowest BCUT2D eigenvalue weighted by Crippen LogP contribution is -2.08. The van der Waals surface area contributed by atoms with Gasteiger partial charge in [-0.25, -0.2) is 19.0 Å². The lowest BCUT2D eigenvalue weighted by atomic mass is 10.2. The average molecular weight is 388 g/mol. The lowest BCUT2D eigenvalue weighted by Gasteiger charge is -2.04. The Kier molecular flexibility index (Phi) is 5.62. The average Bonchev–Trinajstić information content (AvgIpc) is 2.96. The molecule has 8 heteroatoms. The molecular formula is C14H11BrFNO4S. The van der Waals surface area contributed by atoms with Crippen LogP contribution in [0.3, 0.4) is 0 Å². The van der Waals surface area contributed by atoms with Gasteiger partial charge in [-0.15, -0.1) is 11.3 Å². The molecule has 0 saturated heterocycles. The molecule has 0 aliphatic carbocycles. The molecule has 0 unspecified atom stereocenters. The quantitative estimate of drug-likeness (QED) is 0.733. The number of ether oxygens (including phenoxy) is 2. The molecule has 0 radical (unpaired) electrons. The van der Waals surface area contributed by atoms with Crippen molar-refractivity contribution in [3.63, 3.8) is 0 Å². The number of hydrogen-bond acceptors (Lipinski definition) is 6. The molecule has 1 aromatic carbocycles. The third kappa shape index (κ3) is 4.11. The van der Waals surface area contributed by atoms with E-state index in [0.29, 0.717) is 10.2 Å². The predicted molar refractivity (Wildman–Crippen MR) is 81.3 cm³/mol. The third-order valence-corrected chi connectivity index (χ3v) is 3.87. The fraction of sp³-hybridized carbons (Fsp3) is 0.214. The van der Waals surface area contributed by atoms with Gasteiger partial charge in [0.2, 0.25) is 5.01 Å². The van der Waals surface area contributed by atoms with Crippen molar-refractivity contribution in [1.29, 1.82) is 0 Å². The number of hydrogen-bond donors (Lipinski definition) is 0. The molecule has 2 rings (SSSR count). The van der Waals surface area contributed by atoms with Gasteiger partial charge in [0.15, 0.2) is 0 Å². The minimum absolute atomic E-state index is 0.152. The molecular weight excluding hydrogens is 377 g/mol. The van der Waals surface area contributed by atoms with Crippen molar-refractivity contribution in [2.45, 2.75) is 13.5 Å². The van der Waals surface area contributed by atoms with Gasteiger partial charge < -0.3 is 9.47 Å². The Morgan fingerprint density at radius 3 is 2.82 bits per heavy atom. The molecule has 0 aliphatic heterocycles. The van der Waals surface area contributed by atoms with Gasteiger partial charge in [-0.1, -0.05) is 15.9 Å². The molecule has 0 fully saturated rings. The van der Waals surface area contributed by atoms with Crippen LogP contribution in [0.4, 0.5) is 4.39 Å². The minimum Gasteiger partial charge on any atom is -0.461 e. The summed E-state index contributed by atoms with van der Waals surface area (Å²) in [5.74, 6) is -1.99. The van der Waals surface area contributed by atoms with Gasteiger partial charge in [0.1, 0.15) is 12.4 Å². The summed E-state index contributed by atoms with van der Waals surface area (Å²) >= 11 is 4.25. The molecule has 2 aromatic rings. The second-order valence-corrected chi connectivity index (χ2v) is 5.84. The summed E-state index contributed by atoms with van der Waals surface area (Å²) in [6.07, 6.45) is 0. The lowest BCUT2D eigenvalue weighted by molar-refractivity contribution is 0.0463. The highest BCUT2D eigenvalue weighted by molar-refractivity contribution is 9.10. The highest BCUT2D eigenvalue weighted by Crippen LogP contribution is 2.18. The van der Waals surface area contributed by atoms with Gasteiger partial charge in [-0.2, -0.15) is 0 Å². The first kappa shape index (κ1) is 16.6. The summed E-state index contributed by atoms with van der Waals surface area (Å²) in [5.41, 5.74) is 0.229. The molecule has 0 spiro atoms. The monoisotopic (exact) mass is 387 g/mol. The maximum absolute atomic E-state index is 13.5. The SMILES string of the molecule is CCOC(=O)c1nc(COC(=O)c2cc(Br)ccc2F)cs1. The topological polar surface area (TPSA) is 65.5 Å². The normalized spacial score (nSPS) is 10.3. The van der Waals surface area contributed by atoms with E-state index in [2.05, 4.69) is 20.9 Å². The Morgan fingerprint density at radius 2 is 2.09 bits per heavy atom. The van der Waals surface area contributed by atoms with E-state index in [1.165, 1.54) is 18.2 Å². The molecule has 1 heterocycles. The predicted octanol–water partition coefficient (Wildman–Crippen LogP) is 3.58. The van der Waals surface area contributed by atoms with Gasteiger partial charge in [0, 0.05) is 9.85 Å². The number of halogens is 2. The van der Waals surface area contributed by atoms with Crippen LogP contribution in [0.25, 0.3) is 0 Å². The zero-order valence-electron chi connectivity index (χ0n) is 11.5. The van der Waals surface area contributed by atoms with Gasteiger partial charge in [0.25, 0.3) is 0 Å². The zero-order valence-corrected chi connectivity index (χ0v) is 13.9. The van der Waals surface area contributed by atoms with E-state index in [-0.39, 0.29) is 23.8 Å². The van der Waals surface area contributed by atoms with Crippen molar-refractivity contribution >= 4 is 39.2 Å². The van der Waals surface area contributed by atoms with Gasteiger partial charge in [-0.3, -0.25) is 0 Å². The van der Waals surface area contributed by atoms with Gasteiger partial charge >= 0.3 is 11.9 Å². The van der Waals surface area contributed by atoms with Crippen LogP contribution in [-0.4, -0.2) is 23.5 Å². The first-order valence-electron chi connectivity index (χ1n) is 6.25. The molecule has 0 atom stereocenters. The number of aromatic nitrogens is 1. The molecule has 0 N–H and O–H groups in total. The fourth-order valence-electron chi connectivity index (χ4n) is 1.53. The number of rotatable bonds is 5. The van der Waals surface area contributed by atoms with Crippen molar-refractivity contribution in [1.82, 2.24) is 4.98 Å². The first-order valence-corrected chi connectivity index (χ1v) is 7.92. The highest BCUT2D eigenvalue weighted by atomic mass is 79.9. The van der Waals surface area contributed by atoms with Gasteiger partial charge in [0.05, 0.1) is 17.9 Å². The summed E-state index contributed by atoms with van der Waals surface area (Å²) in [6, 6.07) is 3.99. The Labute approximate surface area is 138 Å². The number of thiazole rings is 1. The van der Waals surface area contributed by atoms with Crippen LogP contribution in [0, 0.1) is 5.82 Å². The van der Waals surface area contributed by atoms with Crippen LogP contribution in [0.1, 0.15) is 32.8 Å². The number of nitrogens with zero attached hydrogens (tertiary/aromatic N) is 1. The van der Waals surface area contributed by atoms with Crippen LogP contribution in [0.5, 0.6) is 0 Å². The van der Waals surface area contributed by atoms with E-state index in [1.807, 2.05) is 0 Å². The molecule has 1 aromatic heterocycles. The second-order valence-electron chi connectivity index (χ2n) is 4.06. The highest BCUT2D eigenvalue weighted by Gasteiger charge is 2.16. The molecule has 0 saturated carbocycles. The molecule has 0 bridgehead atoms. The van der Waals surface area contributed by atoms with E-state index in [9.17, 15) is 14.0 Å². The maximum atomic E-state index is 13.5. The minimum atomic E-state index is -0.801. The molecule has 116 valence electrons. The van der Waals surface area contributed by atoms with Crippen LogP contribution in [0.15, 0.2) is 28.1 Å². The van der Waals surface area contributed by atoms with E-state index in [0.717, 1.165) is 11.3 Å². The van der Waals surface area contributed by atoms with Crippen molar-refractivity contribution in [2.24, 2.45) is 0 Å². The standard InChI is InChI=1S/C14H11BrFNO4S/c1-2-20-14(19)12-17-9(7-22-12)6-21-13(18)10-5-8(15)3-4-11(10)16/h3-5,7H,2,6H2,1H3. The number of esters is 2. The fourth-order valence-corrected chi connectivity index (χ4v) is 2.59. The Bertz CT molecular complexity index is 704. The van der Waals surface area contributed by atoms with Crippen LogP contribution >= 0.6 is 27.3 Å². The Hall–Kier alpha value is -1.80. The van der Waals surface area contributed by atoms with Crippen molar-refractivity contribution in [3.8, 4) is 0 Å². The Balaban J connectivity index is 1.99. The van der Waals surface area contributed by atoms with Crippen molar-refractivity contribution < 1.29 is 23.5 Å². The van der Waals surface area contributed by atoms with Crippen molar-refractivity contribution in [2.75, 3.05) is 6.61 Å². The van der Waals surface area contributed by atoms with Gasteiger partial charge in [-0.05, 0) is 25.1 Å². The summed E-state index contributed by atoms with van der Waals surface area (Å²) in [7, 11) is 0. The number of carbonyl (C=O) groups is 2. The summed E-state index contributed by atoms with van der Waals surface area (Å²) in [6.45, 7) is 1.80. The second kappa shape index (κ2) is 7.46. The van der Waals surface area contributed by atoms with E-state index in [4.69, 9.17) is 9.47 Å². The van der Waals surface area contributed by atoms with Crippen LogP contribution < -0.4 is 0 Å². The third-order valence-electron chi connectivity index (χ3n) is 2.50. The number of benzene rings is 1. The van der Waals surface area contributed by atoms with E-state index in [1.54, 1.807) is 12.3 Å². The zero-order chi connectivity index (χ0) is 16.1. The molecule has 0 aliphatic rings. The maximum Gasteiger partial charge on any atom is 0.367 e. The first-order chi connectivity index (χ1) is 10.5. The molecule has 22 heavy (non-hydrogen) atoms. The summed E-state index contributed by atoms with van der Waals surface area (Å²) < 4.78 is 23.9. The van der Waals surface area contributed by atoms with Crippen molar-refractivity contribution in [3.05, 3.63) is 50.1 Å². The molecule has 0 amide bonds. The van der Waals surface area contributed by atoms with E-state index < -0.39 is 17.8 Å². The largest absolute Gasteiger partial charge is 0.461 e. The van der Waals surface area contributed by atoms with E-state index >= 15 is 0 Å². The van der Waals surface area contributed by atoms with Crippen LogP contribution in [-0.2, 0) is 16.1 Å². The van der Waals surface area contributed by atoms with Crippen LogP contribution in [0.2, 0.25) is 0 Å². The summed E-state index contributed by atoms with van der Waals surface area (Å²) in [4.78, 5) is 27.3. The molecule has 5 nitrogen and oxygen atoms in total. The number of carbonyl (C=O) groups excluding carboxylic acids is 2.